The van der Waals surface area contributed by atoms with E-state index >= 15 is 0 Å². The highest BCUT2D eigenvalue weighted by atomic mass is 32.2. The van der Waals surface area contributed by atoms with Crippen molar-refractivity contribution in [2.45, 2.75) is 18.7 Å². The summed E-state index contributed by atoms with van der Waals surface area (Å²) >= 11 is 0. The Kier molecular flexibility index (Phi) is 7.12. The Labute approximate surface area is 204 Å². The molecule has 0 spiro atoms. The number of nitrogens with zero attached hydrogens (tertiary/aromatic N) is 1. The van der Waals surface area contributed by atoms with Gasteiger partial charge >= 0.3 is 0 Å². The average Bonchev–Trinajstić information content (AvgIpc) is 2.87. The van der Waals surface area contributed by atoms with Gasteiger partial charge < -0.3 is 4.74 Å². The lowest BCUT2D eigenvalue weighted by atomic mass is 10.0. The summed E-state index contributed by atoms with van der Waals surface area (Å²) < 4.78 is 33.1. The second kappa shape index (κ2) is 10.4. The molecule has 0 bridgehead atoms. The van der Waals surface area contributed by atoms with Crippen LogP contribution in [0.15, 0.2) is 101 Å². The van der Waals surface area contributed by atoms with Crippen molar-refractivity contribution in [2.75, 3.05) is 11.3 Å². The monoisotopic (exact) mass is 487 g/mol. The van der Waals surface area contributed by atoms with Crippen LogP contribution >= 0.6 is 0 Å². The van der Waals surface area contributed by atoms with Gasteiger partial charge in [0.2, 0.25) is 0 Å². The minimum Gasteiger partial charge on any atom is -0.494 e. The molecule has 0 saturated heterocycles. The normalized spacial score (nSPS) is 11.8. The molecule has 4 aromatic rings. The minimum absolute atomic E-state index is 0.112. The number of nitrogens with one attached hydrogen (secondary N) is 2. The lowest BCUT2D eigenvalue weighted by molar-refractivity contribution is 0.0955. The molecule has 178 valence electrons. The molecule has 0 aliphatic rings. The summed E-state index contributed by atoms with van der Waals surface area (Å²) in [6.07, 6.45) is 0. The second-order valence-corrected chi connectivity index (χ2v) is 9.47. The van der Waals surface area contributed by atoms with Crippen LogP contribution in [0.5, 0.6) is 5.75 Å². The second-order valence-electron chi connectivity index (χ2n) is 7.79. The van der Waals surface area contributed by atoms with Gasteiger partial charge in [-0.15, -0.1) is 0 Å². The summed E-state index contributed by atoms with van der Waals surface area (Å²) in [6.45, 7) is 4.18. The molecule has 0 heterocycles. The zero-order valence-corrected chi connectivity index (χ0v) is 20.2. The van der Waals surface area contributed by atoms with Crippen LogP contribution in [0, 0.1) is 0 Å². The highest BCUT2D eigenvalue weighted by molar-refractivity contribution is 7.92. The molecule has 7 nitrogen and oxygen atoms in total. The first-order chi connectivity index (χ1) is 16.9. The summed E-state index contributed by atoms with van der Waals surface area (Å²) in [5.74, 6) is 0.200. The van der Waals surface area contributed by atoms with Gasteiger partial charge in [-0.1, -0.05) is 36.4 Å². The molecular weight excluding hydrogens is 462 g/mol. The molecule has 0 saturated carbocycles. The van der Waals surface area contributed by atoms with Gasteiger partial charge in [0, 0.05) is 11.3 Å². The van der Waals surface area contributed by atoms with Crippen LogP contribution in [0.1, 0.15) is 29.8 Å². The van der Waals surface area contributed by atoms with E-state index in [1.807, 2.05) is 56.3 Å². The Morgan fingerprint density at radius 1 is 0.857 bits per heavy atom. The molecule has 0 radical (unpaired) electrons. The van der Waals surface area contributed by atoms with Gasteiger partial charge in [-0.25, -0.2) is 13.8 Å². The van der Waals surface area contributed by atoms with Crippen LogP contribution in [0.25, 0.3) is 10.8 Å². The van der Waals surface area contributed by atoms with Crippen LogP contribution in [-0.2, 0) is 10.0 Å². The number of sulfonamides is 1. The van der Waals surface area contributed by atoms with E-state index < -0.39 is 15.9 Å². The number of amides is 1. The predicted molar refractivity (Wildman–Crippen MR) is 138 cm³/mol. The highest BCUT2D eigenvalue weighted by Crippen LogP contribution is 2.20. The van der Waals surface area contributed by atoms with E-state index in [1.54, 1.807) is 12.1 Å². The Hall–Kier alpha value is -4.17. The maximum atomic E-state index is 12.6. The fourth-order valence-corrected chi connectivity index (χ4v) is 4.52. The third-order valence-corrected chi connectivity index (χ3v) is 6.73. The van der Waals surface area contributed by atoms with E-state index in [4.69, 9.17) is 4.74 Å². The number of hydrogen-bond acceptors (Lipinski definition) is 5. The van der Waals surface area contributed by atoms with Crippen molar-refractivity contribution in [2.24, 2.45) is 5.10 Å². The quantitative estimate of drug-likeness (QED) is 0.264. The van der Waals surface area contributed by atoms with Gasteiger partial charge in [-0.2, -0.15) is 5.10 Å². The van der Waals surface area contributed by atoms with Crippen LogP contribution in [0.2, 0.25) is 0 Å². The number of carbonyl (C=O) groups excluding carboxylic acids is 1. The first-order valence-corrected chi connectivity index (χ1v) is 12.5. The third kappa shape index (κ3) is 5.85. The zero-order chi connectivity index (χ0) is 24.8. The lowest BCUT2D eigenvalue weighted by Gasteiger charge is -2.10. The van der Waals surface area contributed by atoms with Crippen molar-refractivity contribution >= 4 is 38.1 Å². The number of hydrogen-bond donors (Lipinski definition) is 2. The van der Waals surface area contributed by atoms with Gasteiger partial charge in [-0.3, -0.25) is 9.52 Å². The van der Waals surface area contributed by atoms with Gasteiger partial charge in [0.25, 0.3) is 15.9 Å². The van der Waals surface area contributed by atoms with Crippen molar-refractivity contribution in [3.05, 3.63) is 102 Å². The Morgan fingerprint density at radius 2 is 1.51 bits per heavy atom. The lowest BCUT2D eigenvalue weighted by Crippen LogP contribution is -2.19. The van der Waals surface area contributed by atoms with E-state index in [0.717, 1.165) is 16.3 Å². The summed E-state index contributed by atoms with van der Waals surface area (Å²) in [5.41, 5.74) is 4.82. The van der Waals surface area contributed by atoms with E-state index in [9.17, 15) is 13.2 Å². The van der Waals surface area contributed by atoms with Crippen LogP contribution in [0.4, 0.5) is 5.69 Å². The summed E-state index contributed by atoms with van der Waals surface area (Å²) in [4.78, 5) is 12.6. The number of carbonyl (C=O) groups is 1. The molecule has 1 amide bonds. The summed E-state index contributed by atoms with van der Waals surface area (Å²) in [5, 5.41) is 6.44. The number of benzene rings is 4. The maximum absolute atomic E-state index is 12.6. The van der Waals surface area contributed by atoms with Crippen molar-refractivity contribution < 1.29 is 17.9 Å². The summed E-state index contributed by atoms with van der Waals surface area (Å²) in [6, 6.07) is 26.3. The average molecular weight is 488 g/mol. The van der Waals surface area contributed by atoms with Crippen molar-refractivity contribution in [3.63, 3.8) is 0 Å². The van der Waals surface area contributed by atoms with E-state index in [-0.39, 0.29) is 4.90 Å². The SMILES string of the molecule is CCOc1ccc(S(=O)(=O)Nc2ccc(C(=O)N/N=C(/C)c3ccc4ccccc4c3)cc2)cc1. The van der Waals surface area contributed by atoms with Gasteiger partial charge in [0.15, 0.2) is 0 Å². The maximum Gasteiger partial charge on any atom is 0.271 e. The van der Waals surface area contributed by atoms with Gasteiger partial charge in [0.05, 0.1) is 17.2 Å². The molecule has 2 N–H and O–H groups in total. The molecule has 4 aromatic carbocycles. The van der Waals surface area contributed by atoms with E-state index in [2.05, 4.69) is 15.2 Å². The van der Waals surface area contributed by atoms with E-state index in [0.29, 0.717) is 29.3 Å². The van der Waals surface area contributed by atoms with Gasteiger partial charge in [0.1, 0.15) is 5.75 Å². The molecule has 35 heavy (non-hydrogen) atoms. The predicted octanol–water partition coefficient (Wildman–Crippen LogP) is 5.19. The number of fused-ring (bicyclic) bond motifs is 1. The minimum atomic E-state index is -3.77. The van der Waals surface area contributed by atoms with Crippen LogP contribution in [0.3, 0.4) is 0 Å². The topological polar surface area (TPSA) is 96.9 Å². The Bertz CT molecular complexity index is 1480. The Morgan fingerprint density at radius 3 is 2.20 bits per heavy atom. The molecule has 0 aliphatic heterocycles. The number of rotatable bonds is 8. The fourth-order valence-electron chi connectivity index (χ4n) is 3.46. The molecule has 0 aliphatic carbocycles. The van der Waals surface area contributed by atoms with Crippen LogP contribution in [-0.4, -0.2) is 26.6 Å². The molecule has 4 rings (SSSR count). The molecule has 8 heteroatoms. The first kappa shape index (κ1) is 24.0. The Balaban J connectivity index is 1.40. The molecule has 0 atom stereocenters. The number of anilines is 1. The molecular formula is C27H25N3O4S. The van der Waals surface area contributed by atoms with Crippen molar-refractivity contribution in [3.8, 4) is 5.75 Å². The van der Waals surface area contributed by atoms with Gasteiger partial charge in [-0.05, 0) is 84.8 Å². The largest absolute Gasteiger partial charge is 0.494 e. The van der Waals surface area contributed by atoms with Crippen molar-refractivity contribution in [1.82, 2.24) is 5.43 Å². The fraction of sp³-hybridized carbons (Fsp3) is 0.111. The number of ether oxygens (including phenoxy) is 1. The molecule has 0 aromatic heterocycles. The third-order valence-electron chi connectivity index (χ3n) is 5.34. The molecule has 0 fully saturated rings. The van der Waals surface area contributed by atoms with E-state index in [1.165, 1.54) is 36.4 Å². The zero-order valence-electron chi connectivity index (χ0n) is 19.4. The molecule has 0 unspecified atom stereocenters. The smallest absolute Gasteiger partial charge is 0.271 e. The first-order valence-electron chi connectivity index (χ1n) is 11.1. The number of hydrazone groups is 1. The van der Waals surface area contributed by atoms with Crippen molar-refractivity contribution in [1.29, 1.82) is 0 Å². The highest BCUT2D eigenvalue weighted by Gasteiger charge is 2.15. The standard InChI is InChI=1S/C27H25N3O4S/c1-3-34-25-14-16-26(17-15-25)35(32,33)30-24-12-10-21(11-13-24)27(31)29-28-19(2)22-9-8-20-6-4-5-7-23(20)18-22/h4-18,30H,3H2,1-2H3,(H,29,31)/b28-19-. The van der Waals surface area contributed by atoms with Crippen LogP contribution < -0.4 is 14.9 Å². The summed E-state index contributed by atoms with van der Waals surface area (Å²) in [7, 11) is -3.77.